The van der Waals surface area contributed by atoms with Crippen molar-refractivity contribution in [3.8, 4) is 0 Å². The lowest BCUT2D eigenvalue weighted by Crippen LogP contribution is -2.35. The zero-order valence-corrected chi connectivity index (χ0v) is 11.3. The van der Waals surface area contributed by atoms with Gasteiger partial charge in [-0.05, 0) is 32.1 Å². The summed E-state index contributed by atoms with van der Waals surface area (Å²) in [5.74, 6) is 0.944. The molecule has 0 N–H and O–H groups in total. The minimum Gasteiger partial charge on any atom is -0.300 e. The normalized spacial score (nSPS) is 29.1. The zero-order valence-electron chi connectivity index (χ0n) is 11.3. The van der Waals surface area contributed by atoms with Crippen LogP contribution in [0.4, 0.5) is 0 Å². The molecule has 0 aromatic carbocycles. The fourth-order valence-electron chi connectivity index (χ4n) is 2.48. The average Bonchev–Trinajstić information content (AvgIpc) is 2.29. The Morgan fingerprint density at radius 2 is 2.18 bits per heavy atom. The predicted molar refractivity (Wildman–Crippen MR) is 69.8 cm³/mol. The summed E-state index contributed by atoms with van der Waals surface area (Å²) in [4.78, 5) is 23.5. The van der Waals surface area contributed by atoms with E-state index in [2.05, 4.69) is 6.58 Å². The van der Waals surface area contributed by atoms with Crippen molar-refractivity contribution >= 4 is 11.6 Å². The standard InChI is InChI=1S/C15H24O2/c1-5-13(16)7-9-15(4)8-6-12(11(2)3)10-14(15)17/h12H,2,5-10H2,1,3-4H3/t12-,15-/m0/s1. The summed E-state index contributed by atoms with van der Waals surface area (Å²) >= 11 is 0. The summed E-state index contributed by atoms with van der Waals surface area (Å²) < 4.78 is 0. The fourth-order valence-corrected chi connectivity index (χ4v) is 2.48. The van der Waals surface area contributed by atoms with E-state index in [0.717, 1.165) is 24.8 Å². The van der Waals surface area contributed by atoms with Crippen LogP contribution in [0.5, 0.6) is 0 Å². The molecule has 1 fully saturated rings. The second-order valence-electron chi connectivity index (χ2n) is 5.66. The summed E-state index contributed by atoms with van der Waals surface area (Å²) in [5.41, 5.74) is 0.849. The van der Waals surface area contributed by atoms with Crippen LogP contribution in [0.15, 0.2) is 12.2 Å². The number of ketones is 2. The molecule has 0 amide bonds. The van der Waals surface area contributed by atoms with Crippen LogP contribution in [-0.4, -0.2) is 11.6 Å². The summed E-state index contributed by atoms with van der Waals surface area (Å²) in [5, 5.41) is 0. The highest BCUT2D eigenvalue weighted by Crippen LogP contribution is 2.41. The summed E-state index contributed by atoms with van der Waals surface area (Å²) in [6, 6.07) is 0. The van der Waals surface area contributed by atoms with Crippen LogP contribution in [-0.2, 0) is 9.59 Å². The van der Waals surface area contributed by atoms with Gasteiger partial charge in [0.15, 0.2) is 0 Å². The summed E-state index contributed by atoms with van der Waals surface area (Å²) in [6.45, 7) is 9.84. The third kappa shape index (κ3) is 3.52. The molecule has 96 valence electrons. The van der Waals surface area contributed by atoms with Crippen molar-refractivity contribution < 1.29 is 9.59 Å². The minimum atomic E-state index is -0.267. The van der Waals surface area contributed by atoms with Crippen molar-refractivity contribution in [2.24, 2.45) is 11.3 Å². The molecule has 0 saturated heterocycles. The maximum Gasteiger partial charge on any atom is 0.139 e. The lowest BCUT2D eigenvalue weighted by molar-refractivity contribution is -0.132. The molecule has 17 heavy (non-hydrogen) atoms. The van der Waals surface area contributed by atoms with Crippen LogP contribution in [0.3, 0.4) is 0 Å². The first-order valence-electron chi connectivity index (χ1n) is 6.59. The lowest BCUT2D eigenvalue weighted by atomic mass is 9.67. The van der Waals surface area contributed by atoms with Crippen molar-refractivity contribution in [1.82, 2.24) is 0 Å². The van der Waals surface area contributed by atoms with Crippen LogP contribution in [0.2, 0.25) is 0 Å². The largest absolute Gasteiger partial charge is 0.300 e. The lowest BCUT2D eigenvalue weighted by Gasteiger charge is -2.36. The van der Waals surface area contributed by atoms with Gasteiger partial charge < -0.3 is 0 Å². The van der Waals surface area contributed by atoms with E-state index in [4.69, 9.17) is 0 Å². The Bertz CT molecular complexity index is 330. The molecule has 0 aromatic heterocycles. The third-order valence-corrected chi connectivity index (χ3v) is 4.20. The molecular weight excluding hydrogens is 212 g/mol. The van der Waals surface area contributed by atoms with Crippen LogP contribution in [0, 0.1) is 11.3 Å². The van der Waals surface area contributed by atoms with Crippen LogP contribution in [0.1, 0.15) is 59.3 Å². The van der Waals surface area contributed by atoms with E-state index >= 15 is 0 Å². The number of carbonyl (C=O) groups is 2. The van der Waals surface area contributed by atoms with E-state index in [1.165, 1.54) is 0 Å². The molecule has 0 unspecified atom stereocenters. The van der Waals surface area contributed by atoms with Gasteiger partial charge in [-0.2, -0.15) is 0 Å². The van der Waals surface area contributed by atoms with Gasteiger partial charge in [0.1, 0.15) is 11.6 Å². The number of rotatable bonds is 5. The number of allylic oxidation sites excluding steroid dienone is 1. The van der Waals surface area contributed by atoms with Gasteiger partial charge in [-0.25, -0.2) is 0 Å². The van der Waals surface area contributed by atoms with E-state index in [0.29, 0.717) is 31.0 Å². The van der Waals surface area contributed by atoms with Crippen molar-refractivity contribution in [2.45, 2.75) is 59.3 Å². The molecular formula is C15H24O2. The Kier molecular flexibility index (Phi) is 4.67. The zero-order chi connectivity index (χ0) is 13.1. The Balaban J connectivity index is 2.57. The number of hydrogen-bond acceptors (Lipinski definition) is 2. The van der Waals surface area contributed by atoms with Crippen molar-refractivity contribution in [2.75, 3.05) is 0 Å². The highest BCUT2D eigenvalue weighted by Gasteiger charge is 2.38. The number of Topliss-reactive ketones (excluding diaryl/α,β-unsaturated/α-hetero) is 2. The first-order chi connectivity index (χ1) is 7.89. The molecule has 1 rings (SSSR count). The quantitative estimate of drug-likeness (QED) is 0.682. The molecule has 0 aliphatic heterocycles. The predicted octanol–water partition coefficient (Wildman–Crippen LogP) is 3.70. The number of hydrogen-bond donors (Lipinski definition) is 0. The van der Waals surface area contributed by atoms with Gasteiger partial charge in [-0.3, -0.25) is 9.59 Å². The number of carbonyl (C=O) groups excluding carboxylic acids is 2. The SMILES string of the molecule is C=C(C)[C@H]1CC[C@@](C)(CCC(=O)CC)C(=O)C1. The smallest absolute Gasteiger partial charge is 0.139 e. The van der Waals surface area contributed by atoms with Crippen LogP contribution in [0.25, 0.3) is 0 Å². The Morgan fingerprint density at radius 1 is 1.53 bits per heavy atom. The van der Waals surface area contributed by atoms with Gasteiger partial charge in [0.05, 0.1) is 0 Å². The van der Waals surface area contributed by atoms with Crippen molar-refractivity contribution in [1.29, 1.82) is 0 Å². The molecule has 2 heteroatoms. The second-order valence-corrected chi connectivity index (χ2v) is 5.66. The molecule has 2 atom stereocenters. The molecule has 2 nitrogen and oxygen atoms in total. The summed E-state index contributed by atoms with van der Waals surface area (Å²) in [7, 11) is 0. The van der Waals surface area contributed by atoms with Crippen LogP contribution >= 0.6 is 0 Å². The van der Waals surface area contributed by atoms with E-state index in [-0.39, 0.29) is 11.2 Å². The molecule has 0 radical (unpaired) electrons. The van der Waals surface area contributed by atoms with E-state index in [1.807, 2.05) is 20.8 Å². The maximum absolute atomic E-state index is 12.2. The minimum absolute atomic E-state index is 0.265. The van der Waals surface area contributed by atoms with E-state index in [1.54, 1.807) is 0 Å². The van der Waals surface area contributed by atoms with Crippen molar-refractivity contribution in [3.63, 3.8) is 0 Å². The highest BCUT2D eigenvalue weighted by molar-refractivity contribution is 5.86. The average molecular weight is 236 g/mol. The molecule has 1 aliphatic carbocycles. The Hall–Kier alpha value is -0.920. The topological polar surface area (TPSA) is 34.1 Å². The maximum atomic E-state index is 12.2. The monoisotopic (exact) mass is 236 g/mol. The molecule has 0 bridgehead atoms. The van der Waals surface area contributed by atoms with Gasteiger partial charge in [0.2, 0.25) is 0 Å². The van der Waals surface area contributed by atoms with Crippen molar-refractivity contribution in [3.05, 3.63) is 12.2 Å². The Labute approximate surface area is 104 Å². The molecule has 1 aliphatic rings. The first-order valence-corrected chi connectivity index (χ1v) is 6.59. The molecule has 0 aromatic rings. The van der Waals surface area contributed by atoms with E-state index in [9.17, 15) is 9.59 Å². The van der Waals surface area contributed by atoms with Gasteiger partial charge in [-0.15, -0.1) is 0 Å². The van der Waals surface area contributed by atoms with Gasteiger partial charge in [0, 0.05) is 24.7 Å². The second kappa shape index (κ2) is 5.61. The van der Waals surface area contributed by atoms with Gasteiger partial charge in [-0.1, -0.05) is 26.0 Å². The van der Waals surface area contributed by atoms with Gasteiger partial charge in [0.25, 0.3) is 0 Å². The molecule has 0 heterocycles. The Morgan fingerprint density at radius 3 is 2.65 bits per heavy atom. The molecule has 0 spiro atoms. The third-order valence-electron chi connectivity index (χ3n) is 4.20. The van der Waals surface area contributed by atoms with E-state index < -0.39 is 0 Å². The van der Waals surface area contributed by atoms with Gasteiger partial charge >= 0.3 is 0 Å². The highest BCUT2D eigenvalue weighted by atomic mass is 16.1. The van der Waals surface area contributed by atoms with Crippen LogP contribution < -0.4 is 0 Å². The summed E-state index contributed by atoms with van der Waals surface area (Å²) in [6.07, 6.45) is 4.42. The first kappa shape index (κ1) is 14.1. The fraction of sp³-hybridized carbons (Fsp3) is 0.733. The molecule has 1 saturated carbocycles.